The molecule has 0 bridgehead atoms. The number of benzene rings is 1. The van der Waals surface area contributed by atoms with Crippen LogP contribution < -0.4 is 4.74 Å². The lowest BCUT2D eigenvalue weighted by molar-refractivity contribution is -0.128. The van der Waals surface area contributed by atoms with Crippen molar-refractivity contribution in [3.05, 3.63) is 35.1 Å². The molecule has 2 fully saturated rings. The van der Waals surface area contributed by atoms with Gasteiger partial charge in [0, 0.05) is 55.3 Å². The van der Waals surface area contributed by atoms with Crippen molar-refractivity contribution >= 4 is 22.4 Å². The highest BCUT2D eigenvalue weighted by atomic mass is 16.5. The van der Waals surface area contributed by atoms with E-state index in [-0.39, 0.29) is 5.91 Å². The van der Waals surface area contributed by atoms with Crippen molar-refractivity contribution in [2.45, 2.75) is 65.8 Å². The molecule has 168 valence electrons. The Balaban J connectivity index is 1.49. The number of fused-ring (bicyclic) bond motifs is 1. The summed E-state index contributed by atoms with van der Waals surface area (Å²) < 4.78 is 11.8. The van der Waals surface area contributed by atoms with Crippen molar-refractivity contribution in [3.8, 4) is 5.75 Å². The van der Waals surface area contributed by atoms with Gasteiger partial charge in [0.15, 0.2) is 0 Å². The number of piperazine rings is 1. The maximum absolute atomic E-state index is 13.0. The molecular weight excluding hydrogens is 388 g/mol. The summed E-state index contributed by atoms with van der Waals surface area (Å²) in [6.45, 7) is 12.2. The minimum Gasteiger partial charge on any atom is -0.493 e. The summed E-state index contributed by atoms with van der Waals surface area (Å²) >= 11 is 0. The molecule has 0 unspecified atom stereocenters. The third kappa shape index (κ3) is 4.67. The summed E-state index contributed by atoms with van der Waals surface area (Å²) in [5.41, 5.74) is 3.87. The maximum atomic E-state index is 13.0. The van der Waals surface area contributed by atoms with E-state index >= 15 is 0 Å². The van der Waals surface area contributed by atoms with Gasteiger partial charge in [-0.2, -0.15) is 0 Å². The van der Waals surface area contributed by atoms with E-state index in [0.29, 0.717) is 6.61 Å². The highest BCUT2D eigenvalue weighted by molar-refractivity contribution is 5.97. The first kappa shape index (κ1) is 21.9. The second-order valence-electron chi connectivity index (χ2n) is 9.04. The summed E-state index contributed by atoms with van der Waals surface area (Å²) in [6, 6.07) is 4.79. The average Bonchev–Trinajstić information content (AvgIpc) is 3.06. The molecule has 1 saturated heterocycles. The zero-order chi connectivity index (χ0) is 22.0. The van der Waals surface area contributed by atoms with Crippen LogP contribution in [0.4, 0.5) is 0 Å². The number of carbonyl (C=O) groups excluding carboxylic acids is 1. The third-order valence-corrected chi connectivity index (χ3v) is 7.06. The summed E-state index contributed by atoms with van der Waals surface area (Å²) in [7, 11) is 0. The van der Waals surface area contributed by atoms with E-state index in [4.69, 9.17) is 9.15 Å². The van der Waals surface area contributed by atoms with Crippen LogP contribution in [0.3, 0.4) is 0 Å². The van der Waals surface area contributed by atoms with Crippen LogP contribution in [0.1, 0.15) is 62.8 Å². The molecule has 2 heterocycles. The summed E-state index contributed by atoms with van der Waals surface area (Å²) in [5, 5.41) is 1.08. The van der Waals surface area contributed by atoms with Gasteiger partial charge in [0.1, 0.15) is 17.1 Å². The van der Waals surface area contributed by atoms with Crippen LogP contribution >= 0.6 is 0 Å². The van der Waals surface area contributed by atoms with Crippen LogP contribution in [0.5, 0.6) is 5.75 Å². The van der Waals surface area contributed by atoms with Gasteiger partial charge in [-0.15, -0.1) is 0 Å². The number of aryl methyl sites for hydroxylation is 2. The molecule has 0 radical (unpaired) electrons. The van der Waals surface area contributed by atoms with E-state index in [1.165, 1.54) is 32.1 Å². The Morgan fingerprint density at radius 1 is 1.13 bits per heavy atom. The van der Waals surface area contributed by atoms with Crippen LogP contribution in [0.15, 0.2) is 22.6 Å². The second-order valence-corrected chi connectivity index (χ2v) is 9.04. The van der Waals surface area contributed by atoms with E-state index in [9.17, 15) is 4.79 Å². The van der Waals surface area contributed by atoms with E-state index in [2.05, 4.69) is 17.9 Å². The standard InChI is InChI=1S/C26H36N2O3/c1-5-30-24-17-25-23(19(3)20(4)31-25)16-22(24)18(2)15-26(29)28-13-11-27(12-14-28)21-9-7-6-8-10-21/h15-17,21H,5-14H2,1-4H3/b18-15+. The topological polar surface area (TPSA) is 45.9 Å². The molecular formula is C26H36N2O3. The Bertz CT molecular complexity index is 961. The van der Waals surface area contributed by atoms with Gasteiger partial charge < -0.3 is 14.1 Å². The molecule has 1 saturated carbocycles. The SMILES string of the molecule is CCOc1cc2oc(C)c(C)c2cc1/C(C)=C/C(=O)N1CCN(C2CCCCC2)CC1. The van der Waals surface area contributed by atoms with Gasteiger partial charge in [0.05, 0.1) is 6.61 Å². The molecule has 0 atom stereocenters. The van der Waals surface area contributed by atoms with Crippen LogP contribution in [0.25, 0.3) is 16.5 Å². The predicted octanol–water partition coefficient (Wildman–Crippen LogP) is 5.33. The Hall–Kier alpha value is -2.27. The monoisotopic (exact) mass is 424 g/mol. The summed E-state index contributed by atoms with van der Waals surface area (Å²) in [5.74, 6) is 1.79. The van der Waals surface area contributed by atoms with Gasteiger partial charge in [0.25, 0.3) is 0 Å². The number of rotatable bonds is 5. The van der Waals surface area contributed by atoms with Crippen molar-refractivity contribution in [2.24, 2.45) is 0 Å². The normalized spacial score (nSPS) is 19.2. The molecule has 1 amide bonds. The summed E-state index contributed by atoms with van der Waals surface area (Å²) in [6.07, 6.45) is 8.52. The van der Waals surface area contributed by atoms with Gasteiger partial charge in [0.2, 0.25) is 5.91 Å². The molecule has 1 aliphatic heterocycles. The number of hydrogen-bond donors (Lipinski definition) is 0. The molecule has 1 aliphatic carbocycles. The zero-order valence-electron chi connectivity index (χ0n) is 19.5. The number of carbonyl (C=O) groups is 1. The maximum Gasteiger partial charge on any atom is 0.246 e. The average molecular weight is 425 g/mol. The highest BCUT2D eigenvalue weighted by Crippen LogP contribution is 2.35. The fraction of sp³-hybridized carbons (Fsp3) is 0.577. The van der Waals surface area contributed by atoms with Crippen LogP contribution in [-0.4, -0.2) is 54.5 Å². The zero-order valence-corrected chi connectivity index (χ0v) is 19.5. The van der Waals surface area contributed by atoms with Gasteiger partial charge in [-0.3, -0.25) is 9.69 Å². The van der Waals surface area contributed by atoms with Gasteiger partial charge in [-0.05, 0) is 57.7 Å². The largest absolute Gasteiger partial charge is 0.493 e. The lowest BCUT2D eigenvalue weighted by Gasteiger charge is -2.40. The first-order valence-corrected chi connectivity index (χ1v) is 11.9. The van der Waals surface area contributed by atoms with E-state index in [0.717, 1.165) is 71.4 Å². The molecule has 2 aliphatic rings. The molecule has 0 spiro atoms. The molecule has 5 heteroatoms. The van der Waals surface area contributed by atoms with Crippen LogP contribution in [0.2, 0.25) is 0 Å². The molecule has 31 heavy (non-hydrogen) atoms. The lowest BCUT2D eigenvalue weighted by Crippen LogP contribution is -2.52. The van der Waals surface area contributed by atoms with Crippen molar-refractivity contribution in [3.63, 3.8) is 0 Å². The van der Waals surface area contributed by atoms with Crippen molar-refractivity contribution < 1.29 is 13.9 Å². The number of ether oxygens (including phenoxy) is 1. The summed E-state index contributed by atoms with van der Waals surface area (Å²) in [4.78, 5) is 17.6. The van der Waals surface area contributed by atoms with Gasteiger partial charge in [-0.1, -0.05) is 19.3 Å². The van der Waals surface area contributed by atoms with E-state index < -0.39 is 0 Å². The number of allylic oxidation sites excluding steroid dienone is 1. The molecule has 1 aromatic carbocycles. The quantitative estimate of drug-likeness (QED) is 0.609. The number of furan rings is 1. The number of hydrogen-bond acceptors (Lipinski definition) is 4. The van der Waals surface area contributed by atoms with Crippen molar-refractivity contribution in [2.75, 3.05) is 32.8 Å². The Morgan fingerprint density at radius 2 is 1.84 bits per heavy atom. The van der Waals surface area contributed by atoms with Crippen molar-refractivity contribution in [1.29, 1.82) is 0 Å². The molecule has 2 aromatic rings. The number of amides is 1. The fourth-order valence-corrected chi connectivity index (χ4v) is 5.06. The minimum atomic E-state index is 0.100. The Labute approximate surface area is 186 Å². The second kappa shape index (κ2) is 9.47. The predicted molar refractivity (Wildman–Crippen MR) is 126 cm³/mol. The minimum absolute atomic E-state index is 0.100. The van der Waals surface area contributed by atoms with E-state index in [1.54, 1.807) is 6.08 Å². The Morgan fingerprint density at radius 3 is 2.52 bits per heavy atom. The van der Waals surface area contributed by atoms with E-state index in [1.807, 2.05) is 31.7 Å². The van der Waals surface area contributed by atoms with Gasteiger partial charge >= 0.3 is 0 Å². The Kier molecular flexibility index (Phi) is 6.71. The highest BCUT2D eigenvalue weighted by Gasteiger charge is 2.26. The molecule has 1 aromatic heterocycles. The van der Waals surface area contributed by atoms with Crippen LogP contribution in [0, 0.1) is 13.8 Å². The third-order valence-electron chi connectivity index (χ3n) is 7.06. The smallest absolute Gasteiger partial charge is 0.246 e. The number of nitrogens with zero attached hydrogens (tertiary/aromatic N) is 2. The van der Waals surface area contributed by atoms with Gasteiger partial charge in [-0.25, -0.2) is 0 Å². The molecule has 0 N–H and O–H groups in total. The molecule has 4 rings (SSSR count). The fourth-order valence-electron chi connectivity index (χ4n) is 5.06. The lowest BCUT2D eigenvalue weighted by atomic mass is 9.94. The van der Waals surface area contributed by atoms with Crippen LogP contribution in [-0.2, 0) is 4.79 Å². The van der Waals surface area contributed by atoms with Crippen molar-refractivity contribution in [1.82, 2.24) is 9.80 Å². The first-order valence-electron chi connectivity index (χ1n) is 11.9. The molecule has 5 nitrogen and oxygen atoms in total. The first-order chi connectivity index (χ1) is 15.0.